The van der Waals surface area contributed by atoms with Crippen LogP contribution in [-0.2, 0) is 0 Å². The third-order valence-electron chi connectivity index (χ3n) is 0. The van der Waals surface area contributed by atoms with Gasteiger partial charge in [-0.1, -0.05) is 0 Å². The molecule has 0 radical (unpaired) electrons. The largest absolute Gasteiger partial charge is 1.00 e. The molecule has 1 nitrogen and oxygen atoms in total. The van der Waals surface area contributed by atoms with E-state index in [4.69, 9.17) is 23.2 Å². The maximum absolute atomic E-state index is 5.04. The van der Waals surface area contributed by atoms with Gasteiger partial charge in [-0.05, 0) is 6.92 Å². The van der Waals surface area contributed by atoms with Crippen molar-refractivity contribution >= 4 is 23.2 Å². The molecule has 0 unspecified atom stereocenters. The summed E-state index contributed by atoms with van der Waals surface area (Å²) in [5, 5.41) is 0. The molecule has 0 saturated heterocycles. The molecule has 0 fully saturated rings. The van der Waals surface area contributed by atoms with Gasteiger partial charge in [-0.2, -0.15) is 0 Å². The smallest absolute Gasteiger partial charge is 0.870 e. The van der Waals surface area contributed by atoms with Gasteiger partial charge in [0.1, 0.15) is 4.84 Å². The van der Waals surface area contributed by atoms with Crippen molar-refractivity contribution in [3.05, 3.63) is 0 Å². The van der Waals surface area contributed by atoms with Crippen molar-refractivity contribution < 1.29 is 35.0 Å². The summed E-state index contributed by atoms with van der Waals surface area (Å²) in [7, 11) is 0. The third-order valence-corrected chi connectivity index (χ3v) is 0. The van der Waals surface area contributed by atoms with Crippen LogP contribution in [-0.4, -0.2) is 10.3 Å². The first-order valence-corrected chi connectivity index (χ1v) is 1.89. The molecule has 0 amide bonds. The first-order chi connectivity index (χ1) is 1.73. The predicted molar refractivity (Wildman–Crippen MR) is 23.1 cm³/mol. The van der Waals surface area contributed by atoms with Crippen molar-refractivity contribution in [2.24, 2.45) is 0 Å². The normalized spacial score (nSPS) is 6.00. The minimum Gasteiger partial charge on any atom is -0.870 e. The molecule has 0 rings (SSSR count). The van der Waals surface area contributed by atoms with Crippen molar-refractivity contribution in [3.63, 3.8) is 0 Å². The summed E-state index contributed by atoms with van der Waals surface area (Å²) in [6.45, 7) is 1.70. The van der Waals surface area contributed by atoms with E-state index in [2.05, 4.69) is 0 Å². The molecule has 0 aliphatic carbocycles. The Labute approximate surface area is 69.6 Å². The van der Waals surface area contributed by atoms with Gasteiger partial charge in [0.05, 0.1) is 0 Å². The third kappa shape index (κ3) is 48.1. The molecule has 0 aliphatic rings. The van der Waals surface area contributed by atoms with Gasteiger partial charge in [0.15, 0.2) is 0 Å². The van der Waals surface area contributed by atoms with Crippen molar-refractivity contribution in [1.82, 2.24) is 0 Å². The van der Waals surface area contributed by atoms with Crippen molar-refractivity contribution in [1.29, 1.82) is 0 Å². The zero-order valence-electron chi connectivity index (χ0n) is 3.78. The molecule has 0 heterocycles. The van der Waals surface area contributed by atoms with E-state index in [1.54, 1.807) is 6.92 Å². The fraction of sp³-hybridized carbons (Fsp3) is 1.00. The first-order valence-electron chi connectivity index (χ1n) is 1.01. The number of alkyl halides is 2. The fourth-order valence-electron chi connectivity index (χ4n) is 0. The maximum Gasteiger partial charge on any atom is 1.00 e. The van der Waals surface area contributed by atoms with E-state index in [1.165, 1.54) is 0 Å². The van der Waals surface area contributed by atoms with Crippen LogP contribution in [0.2, 0.25) is 0 Å². The van der Waals surface area contributed by atoms with Crippen LogP contribution < -0.4 is 29.6 Å². The average molecular weight is 139 g/mol. The molecular weight excluding hydrogens is 134 g/mol. The van der Waals surface area contributed by atoms with Crippen LogP contribution in [0.1, 0.15) is 6.92 Å². The predicted octanol–water partition coefficient (Wildman–Crippen LogP) is -1.36. The summed E-state index contributed by atoms with van der Waals surface area (Å²) in [4.78, 5) is -0.222. The van der Waals surface area contributed by atoms with Crippen LogP contribution in [0.3, 0.4) is 0 Å². The molecule has 0 aromatic carbocycles. The number of hydrogen-bond acceptors (Lipinski definition) is 1. The van der Waals surface area contributed by atoms with Crippen molar-refractivity contribution in [2.45, 2.75) is 11.8 Å². The van der Waals surface area contributed by atoms with E-state index >= 15 is 0 Å². The van der Waals surface area contributed by atoms with Gasteiger partial charge in [-0.25, -0.2) is 0 Å². The van der Waals surface area contributed by atoms with Gasteiger partial charge in [-0.15, -0.1) is 23.2 Å². The summed E-state index contributed by atoms with van der Waals surface area (Å²) in [5.41, 5.74) is 0. The summed E-state index contributed by atoms with van der Waals surface area (Å²) in [6.07, 6.45) is 0. The molecule has 0 spiro atoms. The summed E-state index contributed by atoms with van der Waals surface area (Å²) >= 11 is 10.1. The zero-order valence-corrected chi connectivity index (χ0v) is 7.29. The van der Waals surface area contributed by atoms with E-state index in [-0.39, 0.29) is 39.9 Å². The molecule has 0 aromatic heterocycles. The second-order valence-corrected chi connectivity index (χ2v) is 2.05. The Hall–Kier alpha value is 1.54. The van der Waals surface area contributed by atoms with Gasteiger partial charge in [-0.3, -0.25) is 0 Å². The first kappa shape index (κ1) is 15.6. The molecule has 0 saturated carbocycles. The average Bonchev–Trinajstić information content (AvgIpc) is 0.811. The Bertz CT molecular complexity index is 16.3. The van der Waals surface area contributed by atoms with Crippen LogP contribution in [0.15, 0.2) is 0 Å². The van der Waals surface area contributed by atoms with Gasteiger partial charge in [0.25, 0.3) is 0 Å². The van der Waals surface area contributed by atoms with Crippen LogP contribution in [0, 0.1) is 0 Å². The molecule has 6 heavy (non-hydrogen) atoms. The Morgan fingerprint density at radius 2 is 1.33 bits per heavy atom. The SMILES string of the molecule is CC(Cl)Cl.[Na+].[OH-]. The van der Waals surface area contributed by atoms with E-state index in [0.717, 1.165) is 0 Å². The second kappa shape index (κ2) is 9.74. The molecule has 34 valence electrons. The molecule has 0 aromatic rings. The Morgan fingerprint density at radius 1 is 1.33 bits per heavy atom. The molecule has 0 aliphatic heterocycles. The van der Waals surface area contributed by atoms with Crippen LogP contribution >= 0.6 is 23.2 Å². The Morgan fingerprint density at radius 3 is 1.33 bits per heavy atom. The molecule has 1 N–H and O–H groups in total. The molecular formula is C2H5Cl2NaO. The van der Waals surface area contributed by atoms with Gasteiger partial charge in [0.2, 0.25) is 0 Å². The zero-order chi connectivity index (χ0) is 3.58. The molecule has 0 atom stereocenters. The molecule has 0 bridgehead atoms. The summed E-state index contributed by atoms with van der Waals surface area (Å²) < 4.78 is 0. The van der Waals surface area contributed by atoms with Gasteiger partial charge in [0, 0.05) is 0 Å². The number of halogens is 2. The second-order valence-electron chi connectivity index (χ2n) is 0.519. The fourth-order valence-corrected chi connectivity index (χ4v) is 0. The Balaban J connectivity index is -0.0000000450. The maximum atomic E-state index is 5.04. The standard InChI is InChI=1S/C2H4Cl2.Na.H2O/c1-2(3)4;;/h2H,1H3;;1H2/q;+1;/p-1. The van der Waals surface area contributed by atoms with E-state index in [9.17, 15) is 0 Å². The van der Waals surface area contributed by atoms with E-state index in [1.807, 2.05) is 0 Å². The van der Waals surface area contributed by atoms with Gasteiger partial charge >= 0.3 is 29.6 Å². The minimum absolute atomic E-state index is 0. The summed E-state index contributed by atoms with van der Waals surface area (Å²) in [5.74, 6) is 0. The van der Waals surface area contributed by atoms with Crippen LogP contribution in [0.5, 0.6) is 0 Å². The van der Waals surface area contributed by atoms with Crippen LogP contribution in [0.25, 0.3) is 0 Å². The minimum atomic E-state index is -0.222. The monoisotopic (exact) mass is 138 g/mol. The van der Waals surface area contributed by atoms with Crippen molar-refractivity contribution in [3.8, 4) is 0 Å². The summed E-state index contributed by atoms with van der Waals surface area (Å²) in [6, 6.07) is 0. The van der Waals surface area contributed by atoms with E-state index in [0.29, 0.717) is 0 Å². The molecule has 4 heteroatoms. The topological polar surface area (TPSA) is 30.0 Å². The number of rotatable bonds is 0. The van der Waals surface area contributed by atoms with Crippen molar-refractivity contribution in [2.75, 3.05) is 0 Å². The quantitative estimate of drug-likeness (QED) is 0.301. The van der Waals surface area contributed by atoms with Crippen LogP contribution in [0.4, 0.5) is 0 Å². The van der Waals surface area contributed by atoms with E-state index < -0.39 is 0 Å². The van der Waals surface area contributed by atoms with Gasteiger partial charge < -0.3 is 5.48 Å². The number of hydrogen-bond donors (Lipinski definition) is 0. The Kier molecular flexibility index (Phi) is 25.4.